The van der Waals surface area contributed by atoms with Gasteiger partial charge < -0.3 is 10.8 Å². The maximum Gasteiger partial charge on any atom is 0.345 e. The molecule has 2 atom stereocenters. The van der Waals surface area contributed by atoms with Gasteiger partial charge in [-0.15, -0.1) is 35.1 Å². The third-order valence-electron chi connectivity index (χ3n) is 11.4. The second kappa shape index (κ2) is 14.8. The van der Waals surface area contributed by atoms with E-state index in [0.717, 1.165) is 36.0 Å². The van der Waals surface area contributed by atoms with Crippen LogP contribution in [-0.2, 0) is 0 Å². The van der Waals surface area contributed by atoms with Gasteiger partial charge >= 0.3 is 5.97 Å². The van der Waals surface area contributed by atoms with E-state index in [1.165, 1.54) is 63.2 Å². The van der Waals surface area contributed by atoms with Gasteiger partial charge in [0.05, 0.1) is 4.88 Å². The second-order valence-corrected chi connectivity index (χ2v) is 17.6. The fraction of sp³-hybridized carbons (Fsp3) is 0.514. The Balaban J connectivity index is 0.000000153. The summed E-state index contributed by atoms with van der Waals surface area (Å²) >= 11 is 14.6. The molecule has 8 heterocycles. The lowest BCUT2D eigenvalue weighted by molar-refractivity contribution is -0.0643. The number of hydrogen-bond acceptors (Lipinski definition) is 7. The monoisotopic (exact) mass is 749 g/mol. The summed E-state index contributed by atoms with van der Waals surface area (Å²) < 4.78 is 2.01. The highest BCUT2D eigenvalue weighted by Gasteiger charge is 2.48. The van der Waals surface area contributed by atoms with Crippen LogP contribution in [-0.4, -0.2) is 70.0 Å². The molecule has 6 nitrogen and oxygen atoms in total. The van der Waals surface area contributed by atoms with Crippen LogP contribution in [0.3, 0.4) is 0 Å². The van der Waals surface area contributed by atoms with E-state index < -0.39 is 5.97 Å². The van der Waals surface area contributed by atoms with Gasteiger partial charge in [-0.2, -0.15) is 0 Å². The van der Waals surface area contributed by atoms with Crippen molar-refractivity contribution in [2.75, 3.05) is 26.2 Å². The van der Waals surface area contributed by atoms with Gasteiger partial charge in [0.15, 0.2) is 5.78 Å². The average Bonchev–Trinajstić information content (AvgIpc) is 3.67. The first-order chi connectivity index (χ1) is 22.2. The number of fused-ring (bicyclic) bond motifs is 8. The summed E-state index contributed by atoms with van der Waals surface area (Å²) in [6.45, 7) is 14.1. The highest BCUT2D eigenvalue weighted by molar-refractivity contribution is 7.21. The quantitative estimate of drug-likeness (QED) is 0.202. The molecular weight excluding hydrogens is 705 g/mol. The van der Waals surface area contributed by atoms with E-state index in [2.05, 4.69) is 37.5 Å². The number of benzene rings is 2. The minimum atomic E-state index is -0.891. The minimum absolute atomic E-state index is 0. The van der Waals surface area contributed by atoms with Gasteiger partial charge in [0, 0.05) is 43.0 Å². The van der Waals surface area contributed by atoms with Crippen LogP contribution < -0.4 is 5.73 Å². The molecule has 48 heavy (non-hydrogen) atoms. The van der Waals surface area contributed by atoms with Crippen LogP contribution in [0.25, 0.3) is 20.2 Å². The molecule has 4 aromatic rings. The predicted octanol–water partition coefficient (Wildman–Crippen LogP) is 9.74. The summed E-state index contributed by atoms with van der Waals surface area (Å²) in [6.07, 6.45) is 5.83. The number of carbonyl (C=O) groups is 2. The van der Waals surface area contributed by atoms with Gasteiger partial charge in [0.2, 0.25) is 0 Å². The molecular formula is C37H46Cl3N3O3S2. The zero-order valence-electron chi connectivity index (χ0n) is 28.0. The van der Waals surface area contributed by atoms with Crippen LogP contribution in [0.2, 0.25) is 10.0 Å². The Morgan fingerprint density at radius 2 is 1.23 bits per heavy atom. The molecule has 6 fully saturated rings. The van der Waals surface area contributed by atoms with E-state index in [9.17, 15) is 9.59 Å². The summed E-state index contributed by atoms with van der Waals surface area (Å²) in [5, 5.41) is 12.1. The van der Waals surface area contributed by atoms with Gasteiger partial charge in [-0.25, -0.2) is 4.79 Å². The van der Waals surface area contributed by atoms with Crippen molar-refractivity contribution >= 4 is 90.2 Å². The normalized spacial score (nSPS) is 27.7. The van der Waals surface area contributed by atoms with Crippen molar-refractivity contribution in [2.24, 2.45) is 23.5 Å². The Kier molecular flexibility index (Phi) is 11.6. The van der Waals surface area contributed by atoms with E-state index in [-0.39, 0.29) is 23.5 Å². The Bertz CT molecular complexity index is 1770. The summed E-state index contributed by atoms with van der Waals surface area (Å²) in [7, 11) is 0. The number of carboxylic acids is 1. The smallest absolute Gasteiger partial charge is 0.345 e. The predicted molar refractivity (Wildman–Crippen MR) is 205 cm³/mol. The van der Waals surface area contributed by atoms with Crippen molar-refractivity contribution in [3.05, 3.63) is 68.3 Å². The van der Waals surface area contributed by atoms with Gasteiger partial charge in [0.1, 0.15) is 4.88 Å². The lowest BCUT2D eigenvalue weighted by Gasteiger charge is -2.56. The van der Waals surface area contributed by atoms with Gasteiger partial charge in [-0.05, 0) is 144 Å². The summed E-state index contributed by atoms with van der Waals surface area (Å²) in [5.74, 6) is 1.40. The van der Waals surface area contributed by atoms with E-state index in [0.29, 0.717) is 40.0 Å². The molecule has 2 aromatic carbocycles. The molecule has 4 bridgehead atoms. The first-order valence-electron chi connectivity index (χ1n) is 16.6. The van der Waals surface area contributed by atoms with E-state index in [1.54, 1.807) is 29.5 Å². The lowest BCUT2D eigenvalue weighted by atomic mass is 9.65. The molecule has 11 heteroatoms. The Labute approximate surface area is 308 Å². The van der Waals surface area contributed by atoms with Crippen LogP contribution in [0.5, 0.6) is 0 Å². The van der Waals surface area contributed by atoms with Crippen LogP contribution >= 0.6 is 58.3 Å². The van der Waals surface area contributed by atoms with E-state index in [4.69, 9.17) is 34.0 Å². The van der Waals surface area contributed by atoms with Crippen LogP contribution in [0, 0.1) is 17.8 Å². The first kappa shape index (κ1) is 37.5. The summed E-state index contributed by atoms with van der Waals surface area (Å²) in [6, 6.07) is 15.3. The lowest BCUT2D eigenvalue weighted by Crippen LogP contribution is -2.67. The molecule has 0 aliphatic carbocycles. The van der Waals surface area contributed by atoms with E-state index in [1.807, 2.05) is 30.3 Å². The molecule has 0 unspecified atom stereocenters. The molecule has 6 aliphatic heterocycles. The van der Waals surface area contributed by atoms with E-state index >= 15 is 0 Å². The first-order valence-corrected chi connectivity index (χ1v) is 19.0. The number of nitrogens with zero attached hydrogens (tertiary/aromatic N) is 2. The fourth-order valence-electron chi connectivity index (χ4n) is 8.28. The van der Waals surface area contributed by atoms with Gasteiger partial charge in [0.25, 0.3) is 0 Å². The second-order valence-electron chi connectivity index (χ2n) is 14.6. The number of aromatic carboxylic acids is 1. The zero-order valence-corrected chi connectivity index (χ0v) is 32.0. The van der Waals surface area contributed by atoms with Crippen LogP contribution in [0.4, 0.5) is 0 Å². The highest BCUT2D eigenvalue weighted by Crippen LogP contribution is 2.46. The van der Waals surface area contributed by atoms with Crippen molar-refractivity contribution in [2.45, 2.75) is 76.9 Å². The maximum atomic E-state index is 12.9. The Morgan fingerprint density at radius 1 is 0.771 bits per heavy atom. The largest absolute Gasteiger partial charge is 0.477 e. The average molecular weight is 751 g/mol. The minimum Gasteiger partial charge on any atom is -0.477 e. The van der Waals surface area contributed by atoms with Crippen LogP contribution in [0.15, 0.2) is 48.5 Å². The zero-order chi connectivity index (χ0) is 33.7. The van der Waals surface area contributed by atoms with Gasteiger partial charge in [-0.3, -0.25) is 14.6 Å². The molecule has 0 spiro atoms. The standard InChI is InChI=1S/C19H22ClNOS.C9H5ClO2S.C9H18N2.ClH/c1-19(2)15(12-5-7-21(19)8-6-12)11-16(22)18-9-13-3-4-14(20)10-17(13)23-18;10-6-2-1-5-3-8(9(11)12)13-7(5)4-6;1-9(2)8(10)7-3-5-11(9)6-4-7;/h3-4,9-10,12,15H,5-8,11H2,1-2H3;1-4H,(H,11,12);7-8H,3-6,10H2,1-2H3;1H/t15-;;8-;/m0.0./s1. The molecule has 2 aromatic heterocycles. The maximum absolute atomic E-state index is 12.9. The van der Waals surface area contributed by atoms with Crippen molar-refractivity contribution in [1.29, 1.82) is 0 Å². The summed E-state index contributed by atoms with van der Waals surface area (Å²) in [4.78, 5) is 29.9. The fourth-order valence-corrected chi connectivity index (χ4v) is 10.7. The molecule has 0 amide bonds. The van der Waals surface area contributed by atoms with Crippen LogP contribution in [0.1, 0.15) is 79.1 Å². The molecule has 6 saturated heterocycles. The number of ketones is 1. The molecule has 0 saturated carbocycles. The van der Waals surface area contributed by atoms with Crippen molar-refractivity contribution in [3.63, 3.8) is 0 Å². The molecule has 10 rings (SSSR count). The van der Waals surface area contributed by atoms with Gasteiger partial charge in [-0.1, -0.05) is 35.3 Å². The molecule has 3 N–H and O–H groups in total. The third kappa shape index (κ3) is 7.62. The Hall–Kier alpha value is -1.75. The SMILES string of the molecule is CC1(C)[C@@H](CC(=O)c2cc3ccc(Cl)cc3s2)C2CCN1CC2.CC1(C)[C@@H](N)C2CCN1CC2.Cl.O=C(O)c1cc2ccc(Cl)cc2s1. The number of Topliss-reactive ketones (excluding diaryl/α,β-unsaturated/α-hetero) is 1. The highest BCUT2D eigenvalue weighted by atomic mass is 35.5. The molecule has 260 valence electrons. The number of carbonyl (C=O) groups excluding carboxylic acids is 1. The third-order valence-corrected chi connectivity index (χ3v) is 14.1. The summed E-state index contributed by atoms with van der Waals surface area (Å²) in [5.41, 5.74) is 6.57. The number of rotatable bonds is 4. The molecule has 6 aliphatic rings. The topological polar surface area (TPSA) is 86.9 Å². The van der Waals surface area contributed by atoms with Crippen molar-refractivity contribution in [3.8, 4) is 0 Å². The number of thiophene rings is 2. The number of piperidine rings is 6. The van der Waals surface area contributed by atoms with Crippen molar-refractivity contribution < 1.29 is 14.7 Å². The number of halogens is 3. The number of hydrogen-bond donors (Lipinski definition) is 2. The molecule has 0 radical (unpaired) electrons. The number of carboxylic acid groups (broad SMARTS) is 1. The Morgan fingerprint density at radius 3 is 1.67 bits per heavy atom. The number of nitrogens with two attached hydrogens (primary N) is 1. The van der Waals surface area contributed by atoms with Crippen molar-refractivity contribution in [1.82, 2.24) is 9.80 Å².